The number of hydrogen-bond acceptors (Lipinski definition) is 8. The molecule has 1 fully saturated rings. The van der Waals surface area contributed by atoms with E-state index >= 15 is 0 Å². The zero-order chi connectivity index (χ0) is 34.2. The molecule has 0 spiro atoms. The monoisotopic (exact) mass is 647 g/mol. The third-order valence-electron chi connectivity index (χ3n) is 7.66. The molecule has 2 aromatic carbocycles. The van der Waals surface area contributed by atoms with Gasteiger partial charge in [0.2, 0.25) is 0 Å². The number of aliphatic hydroxyl groups excluding tert-OH is 1. The summed E-state index contributed by atoms with van der Waals surface area (Å²) in [6.07, 6.45) is 1.33. The number of hydrogen-bond donors (Lipinski definition) is 2. The summed E-state index contributed by atoms with van der Waals surface area (Å²) in [5, 5.41) is 19.0. The lowest BCUT2D eigenvalue weighted by Gasteiger charge is -2.34. The molecule has 47 heavy (non-hydrogen) atoms. The van der Waals surface area contributed by atoms with E-state index in [1.807, 2.05) is 60.7 Å². The summed E-state index contributed by atoms with van der Waals surface area (Å²) >= 11 is 0. The lowest BCUT2D eigenvalue weighted by molar-refractivity contribution is 0.0222. The van der Waals surface area contributed by atoms with Crippen LogP contribution in [0.3, 0.4) is 0 Å². The normalized spacial score (nSPS) is 15.2. The number of benzene rings is 2. The van der Waals surface area contributed by atoms with Crippen molar-refractivity contribution in [2.75, 3.05) is 13.2 Å². The van der Waals surface area contributed by atoms with Crippen molar-refractivity contribution < 1.29 is 33.4 Å². The number of alkyl carbamates (subject to hydrolysis) is 1. The van der Waals surface area contributed by atoms with Crippen LogP contribution in [0.4, 0.5) is 9.59 Å². The molecule has 2 atom stereocenters. The molecule has 254 valence electrons. The number of ether oxygens (including phenoxy) is 3. The average Bonchev–Trinajstić information content (AvgIpc) is 3.67. The third kappa shape index (κ3) is 10.6. The van der Waals surface area contributed by atoms with Crippen LogP contribution in [0.1, 0.15) is 77.0 Å². The van der Waals surface area contributed by atoms with E-state index in [9.17, 15) is 14.7 Å². The molecule has 1 heterocycles. The minimum absolute atomic E-state index is 0.0212. The fourth-order valence-electron chi connectivity index (χ4n) is 5.37. The molecule has 0 bridgehead atoms. The highest BCUT2D eigenvalue weighted by Crippen LogP contribution is 2.51. The standard InChI is InChI=1S/C37H49N3O7/c1-8-19-44-28-16-12-15-27(20-28)21-30(38-33(42)46-36(5,6)7)31(41)24-40(34(43)45-25-26-13-10-9-11-14-26)37(17-18-37)32-22-29(47-39-32)23-35(2,3)4/h8-16,20,22,30-31,41H,1,17-19,21,23-25H2,2-7H3,(H,38,42)/t30-,31+/m0/s1. The molecule has 2 N–H and O–H groups in total. The minimum atomic E-state index is -1.21. The fraction of sp³-hybridized carbons (Fsp3) is 0.486. The summed E-state index contributed by atoms with van der Waals surface area (Å²) in [6.45, 7) is 15.6. The summed E-state index contributed by atoms with van der Waals surface area (Å²) in [7, 11) is 0. The first kappa shape index (κ1) is 35.5. The second-order valence-corrected chi connectivity index (χ2v) is 14.4. The topological polar surface area (TPSA) is 123 Å². The van der Waals surface area contributed by atoms with Crippen molar-refractivity contribution in [1.82, 2.24) is 15.4 Å². The molecule has 4 rings (SSSR count). The molecule has 1 saturated carbocycles. The summed E-state index contributed by atoms with van der Waals surface area (Å²) < 4.78 is 22.8. The molecule has 10 nitrogen and oxygen atoms in total. The highest BCUT2D eigenvalue weighted by Gasteiger charge is 2.55. The molecule has 2 amide bonds. The Morgan fingerprint density at radius 1 is 1.06 bits per heavy atom. The second kappa shape index (κ2) is 15.1. The van der Waals surface area contributed by atoms with Crippen LogP contribution in [0.15, 0.2) is 77.8 Å². The SMILES string of the molecule is C=CCOc1cccc(C[C@H](NC(=O)OC(C)(C)C)[C@H](O)CN(C(=O)OCc2ccccc2)C2(c3cc(CC(C)(C)C)on3)CC2)c1. The van der Waals surface area contributed by atoms with Crippen molar-refractivity contribution in [3.63, 3.8) is 0 Å². The lowest BCUT2D eigenvalue weighted by Crippen LogP contribution is -2.53. The molecule has 1 aliphatic rings. The van der Waals surface area contributed by atoms with Gasteiger partial charge in [-0.05, 0) is 68.7 Å². The molecular formula is C37H49N3O7. The molecule has 0 aliphatic heterocycles. The van der Waals surface area contributed by atoms with Crippen LogP contribution in [-0.2, 0) is 34.5 Å². The number of aliphatic hydroxyl groups is 1. The van der Waals surface area contributed by atoms with Crippen LogP contribution in [0.25, 0.3) is 0 Å². The van der Waals surface area contributed by atoms with E-state index in [0.29, 0.717) is 37.3 Å². The van der Waals surface area contributed by atoms with Crippen molar-refractivity contribution in [1.29, 1.82) is 0 Å². The van der Waals surface area contributed by atoms with E-state index in [1.54, 1.807) is 26.8 Å². The van der Waals surface area contributed by atoms with Crippen LogP contribution in [0.5, 0.6) is 5.75 Å². The van der Waals surface area contributed by atoms with Gasteiger partial charge in [0.15, 0.2) is 0 Å². The maximum atomic E-state index is 13.9. The van der Waals surface area contributed by atoms with E-state index in [0.717, 1.165) is 16.9 Å². The van der Waals surface area contributed by atoms with Crippen LogP contribution in [0.2, 0.25) is 0 Å². The molecule has 3 aromatic rings. The Labute approximate surface area is 278 Å². The van der Waals surface area contributed by atoms with Gasteiger partial charge in [-0.15, -0.1) is 0 Å². The van der Waals surface area contributed by atoms with Gasteiger partial charge in [0.25, 0.3) is 0 Å². The van der Waals surface area contributed by atoms with Crippen LogP contribution >= 0.6 is 0 Å². The van der Waals surface area contributed by atoms with E-state index < -0.39 is 35.5 Å². The first-order valence-electron chi connectivity index (χ1n) is 16.1. The van der Waals surface area contributed by atoms with Crippen molar-refractivity contribution in [3.8, 4) is 5.75 Å². The predicted octanol–water partition coefficient (Wildman–Crippen LogP) is 6.95. The molecule has 1 aliphatic carbocycles. The van der Waals surface area contributed by atoms with Gasteiger partial charge in [-0.25, -0.2) is 9.59 Å². The number of aromatic nitrogens is 1. The maximum absolute atomic E-state index is 13.9. The van der Waals surface area contributed by atoms with E-state index in [2.05, 4.69) is 37.8 Å². The second-order valence-electron chi connectivity index (χ2n) is 14.4. The van der Waals surface area contributed by atoms with Crippen LogP contribution in [-0.4, -0.2) is 58.2 Å². The zero-order valence-corrected chi connectivity index (χ0v) is 28.5. The summed E-state index contributed by atoms with van der Waals surface area (Å²) in [5.74, 6) is 1.35. The fourth-order valence-corrected chi connectivity index (χ4v) is 5.37. The zero-order valence-electron chi connectivity index (χ0n) is 28.5. The number of carbonyl (C=O) groups is 2. The van der Waals surface area contributed by atoms with Crippen molar-refractivity contribution in [3.05, 3.63) is 95.9 Å². The number of amides is 2. The molecule has 0 unspecified atom stereocenters. The summed E-state index contributed by atoms with van der Waals surface area (Å²) in [6, 6.07) is 17.9. The number of nitrogens with zero attached hydrogens (tertiary/aromatic N) is 2. The van der Waals surface area contributed by atoms with E-state index in [4.69, 9.17) is 18.7 Å². The first-order chi connectivity index (χ1) is 22.2. The van der Waals surface area contributed by atoms with Gasteiger partial charge in [0.1, 0.15) is 36.0 Å². The Bertz CT molecular complexity index is 1490. The number of nitrogens with one attached hydrogen (secondary N) is 1. The van der Waals surface area contributed by atoms with Gasteiger partial charge in [-0.2, -0.15) is 0 Å². The Balaban J connectivity index is 1.62. The van der Waals surface area contributed by atoms with Gasteiger partial charge in [0.05, 0.1) is 24.2 Å². The minimum Gasteiger partial charge on any atom is -0.490 e. The van der Waals surface area contributed by atoms with Gasteiger partial charge < -0.3 is 29.2 Å². The Hall–Kier alpha value is -4.31. The smallest absolute Gasteiger partial charge is 0.410 e. The number of carbonyl (C=O) groups excluding carboxylic acids is 2. The molecule has 0 radical (unpaired) electrons. The molecule has 1 aromatic heterocycles. The molecule has 10 heteroatoms. The van der Waals surface area contributed by atoms with Gasteiger partial charge in [0, 0.05) is 12.5 Å². The largest absolute Gasteiger partial charge is 0.490 e. The lowest BCUT2D eigenvalue weighted by atomic mass is 9.91. The van der Waals surface area contributed by atoms with Crippen molar-refractivity contribution in [2.24, 2.45) is 5.41 Å². The van der Waals surface area contributed by atoms with E-state index in [-0.39, 0.29) is 25.0 Å². The van der Waals surface area contributed by atoms with Gasteiger partial charge in [-0.1, -0.05) is 81.0 Å². The third-order valence-corrected chi connectivity index (χ3v) is 7.66. The van der Waals surface area contributed by atoms with Gasteiger partial charge >= 0.3 is 12.2 Å². The number of rotatable bonds is 14. The Morgan fingerprint density at radius 3 is 2.40 bits per heavy atom. The first-order valence-corrected chi connectivity index (χ1v) is 16.1. The Kier molecular flexibility index (Phi) is 11.4. The van der Waals surface area contributed by atoms with Crippen molar-refractivity contribution >= 4 is 12.2 Å². The van der Waals surface area contributed by atoms with Crippen LogP contribution < -0.4 is 10.1 Å². The maximum Gasteiger partial charge on any atom is 0.410 e. The Morgan fingerprint density at radius 2 is 1.77 bits per heavy atom. The quantitative estimate of drug-likeness (QED) is 0.180. The molecule has 0 saturated heterocycles. The van der Waals surface area contributed by atoms with E-state index in [1.165, 1.54) is 4.90 Å². The van der Waals surface area contributed by atoms with Gasteiger partial charge in [-0.3, -0.25) is 4.90 Å². The predicted molar refractivity (Wildman–Crippen MR) is 179 cm³/mol. The average molecular weight is 648 g/mol. The highest BCUT2D eigenvalue weighted by molar-refractivity contribution is 5.70. The van der Waals surface area contributed by atoms with Crippen molar-refractivity contribution in [2.45, 2.75) is 97.1 Å². The molecular weight excluding hydrogens is 598 g/mol. The summed E-state index contributed by atoms with van der Waals surface area (Å²) in [4.78, 5) is 28.4. The highest BCUT2D eigenvalue weighted by atomic mass is 16.6. The summed E-state index contributed by atoms with van der Waals surface area (Å²) in [5.41, 5.74) is 0.679. The van der Waals surface area contributed by atoms with Crippen LogP contribution in [0, 0.1) is 5.41 Å².